The predicted octanol–water partition coefficient (Wildman–Crippen LogP) is 6.49. The van der Waals surface area contributed by atoms with Gasteiger partial charge in [0.25, 0.3) is 5.97 Å². The molecule has 2 unspecified atom stereocenters. The van der Waals surface area contributed by atoms with Gasteiger partial charge in [0.2, 0.25) is 0 Å². The molecule has 0 amide bonds. The van der Waals surface area contributed by atoms with Crippen LogP contribution in [0.3, 0.4) is 0 Å². The summed E-state index contributed by atoms with van der Waals surface area (Å²) in [5.74, 6) is -0.788. The molecule has 0 aromatic heterocycles. The third-order valence-electron chi connectivity index (χ3n) is 5.20. The maximum Gasteiger partial charge on any atom is 0.285 e. The Morgan fingerprint density at radius 3 is 2.19 bits per heavy atom. The number of benzene rings is 1. The number of unbranched alkanes of at least 4 members (excludes halogenated alkanes) is 4. The predicted molar refractivity (Wildman–Crippen MR) is 110 cm³/mol. The molecular weight excluding hydrogens is 348 g/mol. The molecule has 1 aromatic rings. The number of ether oxygens (including phenoxy) is 3. The van der Waals surface area contributed by atoms with Crippen molar-refractivity contribution in [2.24, 2.45) is 5.92 Å². The molecule has 0 aliphatic carbocycles. The summed E-state index contributed by atoms with van der Waals surface area (Å²) in [5, 5.41) is 0.0281. The van der Waals surface area contributed by atoms with Gasteiger partial charge in [-0.2, -0.15) is 0 Å². The van der Waals surface area contributed by atoms with E-state index in [1.165, 1.54) is 37.7 Å². The Morgan fingerprint density at radius 2 is 1.62 bits per heavy atom. The van der Waals surface area contributed by atoms with Gasteiger partial charge in [-0.3, -0.25) is 0 Å². The van der Waals surface area contributed by atoms with Crippen molar-refractivity contribution in [1.29, 1.82) is 0 Å². The molecule has 0 aliphatic rings. The van der Waals surface area contributed by atoms with E-state index >= 15 is 0 Å². The molecule has 1 aromatic carbocycles. The minimum Gasteiger partial charge on any atom is -0.331 e. The van der Waals surface area contributed by atoms with E-state index in [2.05, 4.69) is 31.2 Å². The SMILES string of the molecule is CCCCCCCC(CCc1cccc(C(C)Cl)c1)C(OC)(OC)OC. The quantitative estimate of drug-likeness (QED) is 0.208. The summed E-state index contributed by atoms with van der Waals surface area (Å²) in [6.45, 7) is 4.25. The van der Waals surface area contributed by atoms with Crippen LogP contribution in [0.1, 0.15) is 75.3 Å². The van der Waals surface area contributed by atoms with Crippen molar-refractivity contribution in [2.45, 2.75) is 76.6 Å². The Balaban J connectivity index is 2.76. The van der Waals surface area contributed by atoms with Gasteiger partial charge in [0.05, 0.1) is 5.38 Å². The van der Waals surface area contributed by atoms with Gasteiger partial charge in [-0.1, -0.05) is 63.3 Å². The second-order valence-electron chi connectivity index (χ2n) is 7.02. The molecule has 150 valence electrons. The molecule has 0 saturated heterocycles. The smallest absolute Gasteiger partial charge is 0.285 e. The molecule has 0 spiro atoms. The van der Waals surface area contributed by atoms with Crippen molar-refractivity contribution in [2.75, 3.05) is 21.3 Å². The van der Waals surface area contributed by atoms with E-state index in [0.717, 1.165) is 24.8 Å². The van der Waals surface area contributed by atoms with Gasteiger partial charge in [-0.25, -0.2) is 0 Å². The summed E-state index contributed by atoms with van der Waals surface area (Å²) >= 11 is 6.23. The lowest BCUT2D eigenvalue weighted by molar-refractivity contribution is -0.380. The lowest BCUT2D eigenvalue weighted by Crippen LogP contribution is -2.44. The Hall–Kier alpha value is -0.610. The van der Waals surface area contributed by atoms with Gasteiger partial charge in [0, 0.05) is 27.2 Å². The first-order chi connectivity index (χ1) is 12.5. The van der Waals surface area contributed by atoms with Crippen LogP contribution in [0.25, 0.3) is 0 Å². The van der Waals surface area contributed by atoms with E-state index in [1.54, 1.807) is 21.3 Å². The van der Waals surface area contributed by atoms with Gasteiger partial charge in [-0.15, -0.1) is 11.6 Å². The fraction of sp³-hybridized carbons (Fsp3) is 0.727. The Morgan fingerprint density at radius 1 is 0.962 bits per heavy atom. The summed E-state index contributed by atoms with van der Waals surface area (Å²) < 4.78 is 17.0. The molecule has 2 atom stereocenters. The van der Waals surface area contributed by atoms with Crippen LogP contribution in [-0.4, -0.2) is 27.3 Å². The van der Waals surface area contributed by atoms with Crippen LogP contribution in [0.4, 0.5) is 0 Å². The van der Waals surface area contributed by atoms with Crippen LogP contribution in [0, 0.1) is 5.92 Å². The van der Waals surface area contributed by atoms with Gasteiger partial charge in [-0.05, 0) is 37.3 Å². The van der Waals surface area contributed by atoms with Crippen LogP contribution in [0.2, 0.25) is 0 Å². The lowest BCUT2D eigenvalue weighted by Gasteiger charge is -2.36. The minimum atomic E-state index is -0.970. The van der Waals surface area contributed by atoms with Crippen LogP contribution in [-0.2, 0) is 20.6 Å². The topological polar surface area (TPSA) is 27.7 Å². The molecule has 3 nitrogen and oxygen atoms in total. The van der Waals surface area contributed by atoms with Crippen LogP contribution in [0.5, 0.6) is 0 Å². The van der Waals surface area contributed by atoms with Crippen molar-refractivity contribution in [1.82, 2.24) is 0 Å². The van der Waals surface area contributed by atoms with Crippen molar-refractivity contribution < 1.29 is 14.2 Å². The van der Waals surface area contributed by atoms with Crippen LogP contribution < -0.4 is 0 Å². The molecule has 26 heavy (non-hydrogen) atoms. The summed E-state index contributed by atoms with van der Waals surface area (Å²) in [4.78, 5) is 0. The largest absolute Gasteiger partial charge is 0.331 e. The van der Waals surface area contributed by atoms with E-state index in [1.807, 2.05) is 6.92 Å². The molecular formula is C22H37ClO3. The zero-order valence-electron chi connectivity index (χ0n) is 17.2. The Labute approximate surface area is 165 Å². The average Bonchev–Trinajstić information content (AvgIpc) is 2.67. The van der Waals surface area contributed by atoms with E-state index in [-0.39, 0.29) is 11.3 Å². The van der Waals surface area contributed by atoms with Crippen LogP contribution >= 0.6 is 11.6 Å². The highest BCUT2D eigenvalue weighted by molar-refractivity contribution is 6.20. The number of methoxy groups -OCH3 is 3. The summed E-state index contributed by atoms with van der Waals surface area (Å²) in [5.41, 5.74) is 2.46. The Bertz CT molecular complexity index is 478. The molecule has 4 heteroatoms. The molecule has 0 N–H and O–H groups in total. The lowest BCUT2D eigenvalue weighted by atomic mass is 9.91. The van der Waals surface area contributed by atoms with Gasteiger partial charge >= 0.3 is 0 Å². The van der Waals surface area contributed by atoms with E-state index in [9.17, 15) is 0 Å². The highest BCUT2D eigenvalue weighted by atomic mass is 35.5. The third-order valence-corrected chi connectivity index (χ3v) is 5.45. The van der Waals surface area contributed by atoms with E-state index in [0.29, 0.717) is 0 Å². The molecule has 0 bridgehead atoms. The summed E-state index contributed by atoms with van der Waals surface area (Å²) in [6, 6.07) is 8.52. The third kappa shape index (κ3) is 7.19. The maximum absolute atomic E-state index is 6.23. The first kappa shape index (κ1) is 23.4. The molecule has 0 radical (unpaired) electrons. The fourth-order valence-electron chi connectivity index (χ4n) is 3.58. The van der Waals surface area contributed by atoms with Gasteiger partial charge < -0.3 is 14.2 Å². The highest BCUT2D eigenvalue weighted by Gasteiger charge is 2.39. The molecule has 0 aliphatic heterocycles. The van der Waals surface area contributed by atoms with E-state index in [4.69, 9.17) is 25.8 Å². The van der Waals surface area contributed by atoms with E-state index < -0.39 is 5.97 Å². The first-order valence-corrected chi connectivity index (χ1v) is 10.3. The molecule has 0 saturated carbocycles. The number of rotatable bonds is 14. The summed E-state index contributed by atoms with van der Waals surface area (Å²) in [6.07, 6.45) is 9.20. The number of alkyl halides is 1. The highest BCUT2D eigenvalue weighted by Crippen LogP contribution is 2.33. The summed E-state index contributed by atoms with van der Waals surface area (Å²) in [7, 11) is 4.98. The Kier molecular flexibility index (Phi) is 11.5. The standard InChI is InChI=1S/C22H37ClO3/c1-6-7-8-9-10-14-21(22(24-3,25-4)26-5)16-15-19-12-11-13-20(17-19)18(2)23/h11-13,17-18,21H,6-10,14-16H2,1-5H3. The maximum atomic E-state index is 6.23. The van der Waals surface area contributed by atoms with Crippen molar-refractivity contribution >= 4 is 11.6 Å². The number of hydrogen-bond donors (Lipinski definition) is 0. The normalized spacial score (nSPS) is 14.4. The monoisotopic (exact) mass is 384 g/mol. The zero-order valence-corrected chi connectivity index (χ0v) is 18.0. The van der Waals surface area contributed by atoms with Gasteiger partial charge in [0.1, 0.15) is 0 Å². The van der Waals surface area contributed by atoms with Crippen molar-refractivity contribution in [3.05, 3.63) is 35.4 Å². The van der Waals surface area contributed by atoms with Crippen molar-refractivity contribution in [3.63, 3.8) is 0 Å². The second-order valence-corrected chi connectivity index (χ2v) is 7.67. The number of hydrogen-bond acceptors (Lipinski definition) is 3. The second kappa shape index (κ2) is 12.7. The van der Waals surface area contributed by atoms with Crippen LogP contribution in [0.15, 0.2) is 24.3 Å². The zero-order chi connectivity index (χ0) is 19.4. The van der Waals surface area contributed by atoms with Crippen molar-refractivity contribution in [3.8, 4) is 0 Å². The fourth-order valence-corrected chi connectivity index (χ4v) is 3.71. The van der Waals surface area contributed by atoms with Gasteiger partial charge in [0.15, 0.2) is 0 Å². The molecule has 1 rings (SSSR count). The number of aryl methyl sites for hydroxylation is 1. The molecule has 0 fully saturated rings. The first-order valence-electron chi connectivity index (χ1n) is 9.91. The minimum absolute atomic E-state index is 0.0281. The molecule has 0 heterocycles. The number of halogens is 1. The average molecular weight is 385 g/mol.